The van der Waals surface area contributed by atoms with Gasteiger partial charge in [-0.1, -0.05) is 13.3 Å². The van der Waals surface area contributed by atoms with Crippen LogP contribution in [0.25, 0.3) is 0 Å². The fourth-order valence-electron chi connectivity index (χ4n) is 2.39. The molecular weight excluding hydrogens is 148 g/mol. The highest BCUT2D eigenvalue weighted by Crippen LogP contribution is 2.30. The summed E-state index contributed by atoms with van der Waals surface area (Å²) in [7, 11) is 2.04. The van der Waals surface area contributed by atoms with Crippen LogP contribution in [0.3, 0.4) is 0 Å². The maximum absolute atomic E-state index is 5.94. The minimum Gasteiger partial charge on any atom is -0.328 e. The van der Waals surface area contributed by atoms with E-state index in [1.54, 1.807) is 0 Å². The Kier molecular flexibility index (Phi) is 4.02. The van der Waals surface area contributed by atoms with Crippen molar-refractivity contribution in [1.29, 1.82) is 0 Å². The van der Waals surface area contributed by atoms with E-state index in [2.05, 4.69) is 12.2 Å². The van der Waals surface area contributed by atoms with Gasteiger partial charge in [-0.2, -0.15) is 0 Å². The second kappa shape index (κ2) is 4.83. The minimum absolute atomic E-state index is 0.475. The summed E-state index contributed by atoms with van der Waals surface area (Å²) in [5.74, 6) is 1.74. The van der Waals surface area contributed by atoms with E-state index >= 15 is 0 Å². The third-order valence-electron chi connectivity index (χ3n) is 3.17. The van der Waals surface area contributed by atoms with Crippen LogP contribution in [0.1, 0.15) is 32.6 Å². The van der Waals surface area contributed by atoms with E-state index < -0.39 is 0 Å². The van der Waals surface area contributed by atoms with E-state index in [1.165, 1.54) is 32.2 Å². The first-order valence-electron chi connectivity index (χ1n) is 5.18. The van der Waals surface area contributed by atoms with Gasteiger partial charge in [0.25, 0.3) is 0 Å². The molecule has 3 atom stereocenters. The number of nitrogens with one attached hydrogen (secondary N) is 1. The zero-order valence-electron chi connectivity index (χ0n) is 8.34. The monoisotopic (exact) mass is 170 g/mol. The average molecular weight is 170 g/mol. The molecule has 3 unspecified atom stereocenters. The third-order valence-corrected chi connectivity index (χ3v) is 3.17. The lowest BCUT2D eigenvalue weighted by atomic mass is 9.76. The molecule has 1 fully saturated rings. The van der Waals surface area contributed by atoms with Crippen molar-refractivity contribution >= 4 is 0 Å². The fourth-order valence-corrected chi connectivity index (χ4v) is 2.39. The highest BCUT2D eigenvalue weighted by atomic mass is 14.8. The van der Waals surface area contributed by atoms with Gasteiger partial charge in [-0.3, -0.25) is 0 Å². The SMILES string of the molecule is CCC1CC(N)CCC1CNC. The summed E-state index contributed by atoms with van der Waals surface area (Å²) in [5.41, 5.74) is 5.94. The highest BCUT2D eigenvalue weighted by Gasteiger charge is 2.26. The fraction of sp³-hybridized carbons (Fsp3) is 1.00. The maximum Gasteiger partial charge on any atom is 0.00416 e. The van der Waals surface area contributed by atoms with Crippen molar-refractivity contribution in [2.75, 3.05) is 13.6 Å². The van der Waals surface area contributed by atoms with Crippen molar-refractivity contribution in [2.24, 2.45) is 17.6 Å². The molecule has 1 aliphatic carbocycles. The molecule has 0 spiro atoms. The first-order chi connectivity index (χ1) is 5.77. The molecule has 0 aromatic carbocycles. The van der Waals surface area contributed by atoms with Gasteiger partial charge in [-0.25, -0.2) is 0 Å². The van der Waals surface area contributed by atoms with Gasteiger partial charge >= 0.3 is 0 Å². The van der Waals surface area contributed by atoms with Crippen LogP contribution >= 0.6 is 0 Å². The first kappa shape index (κ1) is 10.0. The summed E-state index contributed by atoms with van der Waals surface area (Å²) >= 11 is 0. The standard InChI is InChI=1S/C10H22N2/c1-3-8-6-10(11)5-4-9(8)7-12-2/h8-10,12H,3-7,11H2,1-2H3. The van der Waals surface area contributed by atoms with Gasteiger partial charge in [-0.05, 0) is 44.7 Å². The molecule has 0 amide bonds. The van der Waals surface area contributed by atoms with Crippen molar-refractivity contribution in [3.05, 3.63) is 0 Å². The Balaban J connectivity index is 2.39. The predicted octanol–water partition coefficient (Wildman–Crippen LogP) is 1.36. The van der Waals surface area contributed by atoms with Gasteiger partial charge in [0.1, 0.15) is 0 Å². The molecule has 0 heterocycles. The van der Waals surface area contributed by atoms with E-state index in [4.69, 9.17) is 5.73 Å². The molecule has 2 nitrogen and oxygen atoms in total. The third kappa shape index (κ3) is 2.46. The Morgan fingerprint density at radius 3 is 2.67 bits per heavy atom. The van der Waals surface area contributed by atoms with Gasteiger partial charge in [-0.15, -0.1) is 0 Å². The number of rotatable bonds is 3. The van der Waals surface area contributed by atoms with Gasteiger partial charge in [0, 0.05) is 6.04 Å². The van der Waals surface area contributed by atoms with Crippen LogP contribution in [0.2, 0.25) is 0 Å². The van der Waals surface area contributed by atoms with E-state index in [0.717, 1.165) is 11.8 Å². The normalized spacial score (nSPS) is 36.8. The molecular formula is C10H22N2. The van der Waals surface area contributed by atoms with Gasteiger partial charge < -0.3 is 11.1 Å². The van der Waals surface area contributed by atoms with Crippen molar-refractivity contribution < 1.29 is 0 Å². The first-order valence-corrected chi connectivity index (χ1v) is 5.18. The van der Waals surface area contributed by atoms with Crippen LogP contribution in [-0.4, -0.2) is 19.6 Å². The van der Waals surface area contributed by atoms with E-state index in [-0.39, 0.29) is 0 Å². The van der Waals surface area contributed by atoms with Gasteiger partial charge in [0.05, 0.1) is 0 Å². The van der Waals surface area contributed by atoms with E-state index in [1.807, 2.05) is 7.05 Å². The number of hydrogen-bond acceptors (Lipinski definition) is 2. The summed E-state index contributed by atoms with van der Waals surface area (Å²) in [6, 6.07) is 0.475. The molecule has 0 aromatic rings. The molecule has 3 N–H and O–H groups in total. The Hall–Kier alpha value is -0.0800. The second-order valence-corrected chi connectivity index (χ2v) is 4.06. The lowest BCUT2D eigenvalue weighted by Crippen LogP contribution is -2.37. The van der Waals surface area contributed by atoms with Crippen LogP contribution in [0.5, 0.6) is 0 Å². The molecule has 0 saturated heterocycles. The second-order valence-electron chi connectivity index (χ2n) is 4.06. The van der Waals surface area contributed by atoms with Crippen LogP contribution in [0.4, 0.5) is 0 Å². The van der Waals surface area contributed by atoms with Crippen LogP contribution < -0.4 is 11.1 Å². The lowest BCUT2D eigenvalue weighted by Gasteiger charge is -2.34. The van der Waals surface area contributed by atoms with Crippen LogP contribution in [0, 0.1) is 11.8 Å². The molecule has 72 valence electrons. The summed E-state index contributed by atoms with van der Waals surface area (Å²) in [6.07, 6.45) is 5.08. The topological polar surface area (TPSA) is 38.0 Å². The summed E-state index contributed by atoms with van der Waals surface area (Å²) in [6.45, 7) is 3.45. The van der Waals surface area contributed by atoms with Gasteiger partial charge in [0.15, 0.2) is 0 Å². The summed E-state index contributed by atoms with van der Waals surface area (Å²) in [4.78, 5) is 0. The molecule has 1 aliphatic rings. The summed E-state index contributed by atoms with van der Waals surface area (Å²) < 4.78 is 0. The van der Waals surface area contributed by atoms with Crippen molar-refractivity contribution in [1.82, 2.24) is 5.32 Å². The highest BCUT2D eigenvalue weighted by molar-refractivity contribution is 4.81. The molecule has 2 heteroatoms. The maximum atomic E-state index is 5.94. The molecule has 0 radical (unpaired) electrons. The Labute approximate surface area is 75.9 Å². The zero-order chi connectivity index (χ0) is 8.97. The molecule has 0 aliphatic heterocycles. The van der Waals surface area contributed by atoms with E-state index in [0.29, 0.717) is 6.04 Å². The largest absolute Gasteiger partial charge is 0.328 e. The Morgan fingerprint density at radius 2 is 2.08 bits per heavy atom. The van der Waals surface area contributed by atoms with Gasteiger partial charge in [0.2, 0.25) is 0 Å². The zero-order valence-corrected chi connectivity index (χ0v) is 8.34. The molecule has 0 bridgehead atoms. The lowest BCUT2D eigenvalue weighted by molar-refractivity contribution is 0.207. The van der Waals surface area contributed by atoms with E-state index in [9.17, 15) is 0 Å². The molecule has 1 rings (SSSR count). The molecule has 1 saturated carbocycles. The van der Waals surface area contributed by atoms with Crippen LogP contribution in [0.15, 0.2) is 0 Å². The Morgan fingerprint density at radius 1 is 1.33 bits per heavy atom. The predicted molar refractivity (Wildman–Crippen MR) is 53.0 cm³/mol. The average Bonchev–Trinajstić information content (AvgIpc) is 2.08. The minimum atomic E-state index is 0.475. The van der Waals surface area contributed by atoms with Crippen molar-refractivity contribution in [3.8, 4) is 0 Å². The Bertz CT molecular complexity index is 125. The molecule has 0 aromatic heterocycles. The number of hydrogen-bond donors (Lipinski definition) is 2. The quantitative estimate of drug-likeness (QED) is 0.671. The van der Waals surface area contributed by atoms with Crippen LogP contribution in [-0.2, 0) is 0 Å². The molecule has 12 heavy (non-hydrogen) atoms. The van der Waals surface area contributed by atoms with Crippen molar-refractivity contribution in [3.63, 3.8) is 0 Å². The van der Waals surface area contributed by atoms with Crippen molar-refractivity contribution in [2.45, 2.75) is 38.6 Å². The number of nitrogens with two attached hydrogens (primary N) is 1. The summed E-state index contributed by atoms with van der Waals surface area (Å²) in [5, 5.41) is 3.28. The smallest absolute Gasteiger partial charge is 0.00416 e.